The van der Waals surface area contributed by atoms with Gasteiger partial charge in [0.25, 0.3) is 10.0 Å². The molecular weight excluding hydrogens is 399 g/mol. The monoisotopic (exact) mass is 406 g/mol. The van der Waals surface area contributed by atoms with E-state index in [-0.39, 0.29) is 31.2 Å². The standard InChI is InChI=1S/C14H9Cl3N2O4S/c1-19-12-3-2-7(4-13(12)23-14(19)20)24(21,22)18-11-6-9(16)8(15)5-10(11)17/h2-6,18H,1H3. The maximum atomic E-state index is 12.5. The summed E-state index contributed by atoms with van der Waals surface area (Å²) in [6.45, 7) is 0. The second-order valence-corrected chi connectivity index (χ2v) is 7.81. The van der Waals surface area contributed by atoms with Crippen LogP contribution >= 0.6 is 34.8 Å². The number of sulfonamides is 1. The van der Waals surface area contributed by atoms with Crippen LogP contribution in [0.15, 0.2) is 44.4 Å². The number of nitrogens with zero attached hydrogens (tertiary/aromatic N) is 1. The number of nitrogens with one attached hydrogen (secondary N) is 1. The summed E-state index contributed by atoms with van der Waals surface area (Å²) >= 11 is 17.7. The van der Waals surface area contributed by atoms with Gasteiger partial charge < -0.3 is 4.42 Å². The Hall–Kier alpha value is -1.67. The number of rotatable bonds is 3. The molecule has 0 atom stereocenters. The SMILES string of the molecule is Cn1c(=O)oc2cc(S(=O)(=O)Nc3cc(Cl)c(Cl)cc3Cl)ccc21. The van der Waals surface area contributed by atoms with E-state index >= 15 is 0 Å². The van der Waals surface area contributed by atoms with Crippen molar-refractivity contribution < 1.29 is 12.8 Å². The molecule has 0 unspecified atom stereocenters. The molecule has 0 saturated heterocycles. The molecule has 1 aromatic heterocycles. The molecule has 0 aliphatic rings. The fraction of sp³-hybridized carbons (Fsp3) is 0.0714. The first-order valence-corrected chi connectivity index (χ1v) is 9.08. The molecule has 0 saturated carbocycles. The molecule has 0 aliphatic heterocycles. The Balaban J connectivity index is 2.05. The fourth-order valence-corrected chi connectivity index (χ4v) is 3.82. The maximum absolute atomic E-state index is 12.5. The van der Waals surface area contributed by atoms with Gasteiger partial charge in [-0.15, -0.1) is 0 Å². The van der Waals surface area contributed by atoms with Crippen molar-refractivity contribution in [1.82, 2.24) is 4.57 Å². The smallest absolute Gasteiger partial charge is 0.408 e. The van der Waals surface area contributed by atoms with Gasteiger partial charge in [0, 0.05) is 13.1 Å². The molecule has 2 aromatic carbocycles. The Bertz CT molecular complexity index is 1120. The van der Waals surface area contributed by atoms with E-state index in [0.29, 0.717) is 5.52 Å². The third-order valence-corrected chi connectivity index (χ3v) is 5.73. The number of oxazole rings is 1. The summed E-state index contributed by atoms with van der Waals surface area (Å²) in [5, 5.41) is 0.459. The van der Waals surface area contributed by atoms with Gasteiger partial charge >= 0.3 is 5.76 Å². The summed E-state index contributed by atoms with van der Waals surface area (Å²) in [7, 11) is -2.44. The van der Waals surface area contributed by atoms with Gasteiger partial charge in [0.2, 0.25) is 0 Å². The van der Waals surface area contributed by atoms with Crippen molar-refractivity contribution in [2.45, 2.75) is 4.90 Å². The van der Waals surface area contributed by atoms with E-state index in [1.807, 2.05) is 0 Å². The maximum Gasteiger partial charge on any atom is 0.419 e. The van der Waals surface area contributed by atoms with E-state index in [4.69, 9.17) is 39.2 Å². The molecule has 0 aliphatic carbocycles. The summed E-state index contributed by atoms with van der Waals surface area (Å²) in [5.74, 6) is -0.583. The number of halogens is 3. The highest BCUT2D eigenvalue weighted by Crippen LogP contribution is 2.33. The molecule has 0 spiro atoms. The normalized spacial score (nSPS) is 11.8. The summed E-state index contributed by atoms with van der Waals surface area (Å²) in [5.41, 5.74) is 0.720. The predicted octanol–water partition coefficient (Wildman–Crippen LogP) is 3.89. The van der Waals surface area contributed by atoms with Crippen LogP contribution in [0.5, 0.6) is 0 Å². The number of aryl methyl sites for hydroxylation is 1. The molecule has 126 valence electrons. The van der Waals surface area contributed by atoms with Crippen molar-refractivity contribution >= 4 is 61.6 Å². The molecule has 24 heavy (non-hydrogen) atoms. The summed E-state index contributed by atoms with van der Waals surface area (Å²) in [4.78, 5) is 11.4. The fourth-order valence-electron chi connectivity index (χ4n) is 2.09. The van der Waals surface area contributed by atoms with Crippen molar-refractivity contribution in [3.63, 3.8) is 0 Å². The molecule has 3 aromatic rings. The zero-order chi connectivity index (χ0) is 17.6. The van der Waals surface area contributed by atoms with Crippen LogP contribution in [-0.4, -0.2) is 13.0 Å². The number of aromatic nitrogens is 1. The largest absolute Gasteiger partial charge is 0.419 e. The van der Waals surface area contributed by atoms with Crippen LogP contribution < -0.4 is 10.5 Å². The van der Waals surface area contributed by atoms with Crippen LogP contribution in [0, 0.1) is 0 Å². The second-order valence-electron chi connectivity index (χ2n) is 4.91. The van der Waals surface area contributed by atoms with E-state index in [9.17, 15) is 13.2 Å². The molecule has 6 nitrogen and oxygen atoms in total. The first-order valence-electron chi connectivity index (χ1n) is 6.46. The lowest BCUT2D eigenvalue weighted by atomic mass is 10.3. The third-order valence-electron chi connectivity index (χ3n) is 3.33. The number of anilines is 1. The van der Waals surface area contributed by atoms with Gasteiger partial charge in [-0.25, -0.2) is 13.2 Å². The van der Waals surface area contributed by atoms with Crippen molar-refractivity contribution in [3.05, 3.63) is 56.0 Å². The Labute approximate surface area is 151 Å². The average molecular weight is 408 g/mol. The lowest BCUT2D eigenvalue weighted by Crippen LogP contribution is -2.13. The van der Waals surface area contributed by atoms with Crippen LogP contribution in [0.1, 0.15) is 0 Å². The first kappa shape index (κ1) is 17.2. The van der Waals surface area contributed by atoms with E-state index in [1.54, 1.807) is 0 Å². The zero-order valence-electron chi connectivity index (χ0n) is 12.0. The van der Waals surface area contributed by atoms with E-state index in [0.717, 1.165) is 0 Å². The first-order chi connectivity index (χ1) is 11.2. The van der Waals surface area contributed by atoms with Gasteiger partial charge in [-0.3, -0.25) is 9.29 Å². The van der Waals surface area contributed by atoms with Crippen LogP contribution in [0.4, 0.5) is 5.69 Å². The van der Waals surface area contributed by atoms with Crippen LogP contribution in [0.25, 0.3) is 11.1 Å². The molecule has 1 heterocycles. The van der Waals surface area contributed by atoms with Gasteiger partial charge in [0.15, 0.2) is 5.58 Å². The number of benzene rings is 2. The number of hydrogen-bond acceptors (Lipinski definition) is 4. The van der Waals surface area contributed by atoms with Crippen molar-refractivity contribution in [2.24, 2.45) is 7.05 Å². The molecule has 1 N–H and O–H groups in total. The number of hydrogen-bond donors (Lipinski definition) is 1. The van der Waals surface area contributed by atoms with Crippen LogP contribution in [-0.2, 0) is 17.1 Å². The number of fused-ring (bicyclic) bond motifs is 1. The topological polar surface area (TPSA) is 81.3 Å². The highest BCUT2D eigenvalue weighted by atomic mass is 35.5. The van der Waals surface area contributed by atoms with Gasteiger partial charge in [0.05, 0.1) is 31.2 Å². The van der Waals surface area contributed by atoms with E-state index in [2.05, 4.69) is 4.72 Å². The lowest BCUT2D eigenvalue weighted by molar-refractivity contribution is 0.527. The van der Waals surface area contributed by atoms with Gasteiger partial charge in [-0.05, 0) is 24.3 Å². The van der Waals surface area contributed by atoms with Crippen molar-refractivity contribution in [3.8, 4) is 0 Å². The zero-order valence-corrected chi connectivity index (χ0v) is 15.1. The molecule has 0 radical (unpaired) electrons. The molecule has 3 rings (SSSR count). The van der Waals surface area contributed by atoms with E-state index < -0.39 is 15.8 Å². The summed E-state index contributed by atoms with van der Waals surface area (Å²) in [6, 6.07) is 6.73. The Morgan fingerprint density at radius 3 is 2.42 bits per heavy atom. The average Bonchev–Trinajstić information content (AvgIpc) is 2.79. The molecule has 10 heteroatoms. The molecule has 0 bridgehead atoms. The molecular formula is C14H9Cl3N2O4S. The Morgan fingerprint density at radius 1 is 1.04 bits per heavy atom. The highest BCUT2D eigenvalue weighted by Gasteiger charge is 2.19. The summed E-state index contributed by atoms with van der Waals surface area (Å²) < 4.78 is 33.6. The van der Waals surface area contributed by atoms with Gasteiger partial charge in [0.1, 0.15) is 0 Å². The molecule has 0 fully saturated rings. The second kappa shape index (κ2) is 6.00. The predicted molar refractivity (Wildman–Crippen MR) is 93.7 cm³/mol. The quantitative estimate of drug-likeness (QED) is 0.668. The summed E-state index contributed by atoms with van der Waals surface area (Å²) in [6.07, 6.45) is 0. The minimum atomic E-state index is -3.97. The molecule has 0 amide bonds. The minimum Gasteiger partial charge on any atom is -0.408 e. The Kier molecular flexibility index (Phi) is 4.29. The van der Waals surface area contributed by atoms with Gasteiger partial charge in [-0.1, -0.05) is 34.8 Å². The lowest BCUT2D eigenvalue weighted by Gasteiger charge is -2.10. The highest BCUT2D eigenvalue weighted by molar-refractivity contribution is 7.92. The van der Waals surface area contributed by atoms with Crippen LogP contribution in [0.3, 0.4) is 0 Å². The minimum absolute atomic E-state index is 0.0840. The van der Waals surface area contributed by atoms with Crippen LogP contribution in [0.2, 0.25) is 15.1 Å². The van der Waals surface area contributed by atoms with Crippen molar-refractivity contribution in [2.75, 3.05) is 4.72 Å². The van der Waals surface area contributed by atoms with E-state index in [1.165, 1.54) is 41.9 Å². The van der Waals surface area contributed by atoms with Gasteiger partial charge in [-0.2, -0.15) is 0 Å². The third kappa shape index (κ3) is 3.00. The Morgan fingerprint density at radius 2 is 1.71 bits per heavy atom. The van der Waals surface area contributed by atoms with Crippen molar-refractivity contribution in [1.29, 1.82) is 0 Å².